The zero-order valence-electron chi connectivity index (χ0n) is 10.9. The predicted octanol–water partition coefficient (Wildman–Crippen LogP) is 0.810. The van der Waals surface area contributed by atoms with Gasteiger partial charge in [0.2, 0.25) is 0 Å². The van der Waals surface area contributed by atoms with Crippen LogP contribution in [0.1, 0.15) is 5.82 Å². The largest absolute Gasteiger partial charge is 0.399 e. The summed E-state index contributed by atoms with van der Waals surface area (Å²) in [6.07, 6.45) is 0. The molecule has 3 rings (SSSR count). The van der Waals surface area contributed by atoms with Crippen molar-refractivity contribution in [1.29, 1.82) is 0 Å². The molecule has 0 saturated carbocycles. The van der Waals surface area contributed by atoms with Crippen LogP contribution in [0.3, 0.4) is 0 Å². The maximum atomic E-state index is 5.81. The number of benzene rings is 1. The normalized spacial score (nSPS) is 17.6. The molecule has 1 aromatic heterocycles. The van der Waals surface area contributed by atoms with Crippen LogP contribution in [0.4, 0.5) is 5.69 Å². The van der Waals surface area contributed by atoms with Crippen LogP contribution in [-0.4, -0.2) is 47.8 Å². The van der Waals surface area contributed by atoms with E-state index in [9.17, 15) is 0 Å². The smallest absolute Gasteiger partial charge is 0.125 e. The lowest BCUT2D eigenvalue weighted by Crippen LogP contribution is -2.50. The second-order valence-corrected chi connectivity index (χ2v) is 4.98. The van der Waals surface area contributed by atoms with Crippen LogP contribution in [0.2, 0.25) is 0 Å². The summed E-state index contributed by atoms with van der Waals surface area (Å²) >= 11 is 0. The summed E-state index contributed by atoms with van der Waals surface area (Å²) in [6, 6.07) is 5.94. The summed E-state index contributed by atoms with van der Waals surface area (Å²) in [5.41, 5.74) is 8.70. The second-order valence-electron chi connectivity index (χ2n) is 4.98. The monoisotopic (exact) mass is 245 g/mol. The number of rotatable bonds is 1. The number of aromatic nitrogens is 2. The van der Waals surface area contributed by atoms with Crippen LogP contribution < -0.4 is 10.7 Å². The average Bonchev–Trinajstić information content (AvgIpc) is 2.65. The predicted molar refractivity (Wildman–Crippen MR) is 74.3 cm³/mol. The Balaban J connectivity index is 2.03. The molecule has 0 unspecified atom stereocenters. The zero-order valence-corrected chi connectivity index (χ0v) is 10.9. The van der Waals surface area contributed by atoms with Crippen molar-refractivity contribution in [3.63, 3.8) is 0 Å². The molecule has 0 bridgehead atoms. The number of nitrogens with two attached hydrogens (primary N) is 1. The Bertz CT molecular complexity index is 566. The van der Waals surface area contributed by atoms with Crippen LogP contribution in [0, 0.1) is 6.92 Å². The summed E-state index contributed by atoms with van der Waals surface area (Å²) in [6.45, 7) is 6.30. The van der Waals surface area contributed by atoms with Crippen molar-refractivity contribution in [1.82, 2.24) is 14.6 Å². The van der Waals surface area contributed by atoms with Crippen LogP contribution in [0.5, 0.6) is 0 Å². The van der Waals surface area contributed by atoms with E-state index in [4.69, 9.17) is 5.73 Å². The SMILES string of the molecule is Cc1nc2cc(N)ccc2n1N1CCN(C)CC1. The van der Waals surface area contributed by atoms with Crippen molar-refractivity contribution in [3.05, 3.63) is 24.0 Å². The summed E-state index contributed by atoms with van der Waals surface area (Å²) in [5.74, 6) is 1.03. The van der Waals surface area contributed by atoms with E-state index >= 15 is 0 Å². The lowest BCUT2D eigenvalue weighted by Gasteiger charge is -2.35. The van der Waals surface area contributed by atoms with Crippen molar-refractivity contribution in [2.75, 3.05) is 44.0 Å². The molecule has 1 fully saturated rings. The van der Waals surface area contributed by atoms with E-state index in [1.54, 1.807) is 0 Å². The third-order valence-electron chi connectivity index (χ3n) is 3.58. The second kappa shape index (κ2) is 4.17. The van der Waals surface area contributed by atoms with Crippen LogP contribution in [-0.2, 0) is 0 Å². The Labute approximate surface area is 107 Å². The molecule has 96 valence electrons. The molecule has 2 aromatic rings. The fourth-order valence-electron chi connectivity index (χ4n) is 2.56. The number of nitrogens with zero attached hydrogens (tertiary/aromatic N) is 4. The first-order chi connectivity index (χ1) is 8.65. The van der Waals surface area contributed by atoms with Crippen LogP contribution in [0.25, 0.3) is 11.0 Å². The number of nitrogen functional groups attached to an aromatic ring is 1. The van der Waals surface area contributed by atoms with Crippen LogP contribution >= 0.6 is 0 Å². The van der Waals surface area contributed by atoms with E-state index in [1.807, 2.05) is 12.1 Å². The van der Waals surface area contributed by atoms with E-state index in [0.717, 1.165) is 48.7 Å². The summed E-state index contributed by atoms with van der Waals surface area (Å²) in [7, 11) is 2.16. The van der Waals surface area contributed by atoms with Crippen LogP contribution in [0.15, 0.2) is 18.2 Å². The minimum atomic E-state index is 0.769. The molecule has 0 atom stereocenters. The van der Waals surface area contributed by atoms with Gasteiger partial charge in [0.15, 0.2) is 0 Å². The van der Waals surface area contributed by atoms with Crippen molar-refractivity contribution < 1.29 is 0 Å². The Morgan fingerprint density at radius 2 is 1.89 bits per heavy atom. The number of imidazole rings is 1. The van der Waals surface area contributed by atoms with Gasteiger partial charge in [-0.15, -0.1) is 0 Å². The number of fused-ring (bicyclic) bond motifs is 1. The van der Waals surface area contributed by atoms with Gasteiger partial charge in [-0.05, 0) is 32.2 Å². The van der Waals surface area contributed by atoms with Gasteiger partial charge < -0.3 is 15.6 Å². The third kappa shape index (κ3) is 1.80. The van der Waals surface area contributed by atoms with Gasteiger partial charge in [0.05, 0.1) is 11.0 Å². The topological polar surface area (TPSA) is 50.3 Å². The molecule has 0 aliphatic carbocycles. The highest BCUT2D eigenvalue weighted by Gasteiger charge is 2.18. The fourth-order valence-corrected chi connectivity index (χ4v) is 2.56. The Morgan fingerprint density at radius 1 is 1.17 bits per heavy atom. The summed E-state index contributed by atoms with van der Waals surface area (Å²) in [5, 5.41) is 2.36. The fraction of sp³-hybridized carbons (Fsp3) is 0.462. The molecule has 1 saturated heterocycles. The Morgan fingerprint density at radius 3 is 2.61 bits per heavy atom. The first kappa shape index (κ1) is 11.3. The average molecular weight is 245 g/mol. The lowest BCUT2D eigenvalue weighted by molar-refractivity contribution is 0.288. The highest BCUT2D eigenvalue weighted by atomic mass is 15.6. The third-order valence-corrected chi connectivity index (χ3v) is 3.58. The van der Waals surface area contributed by atoms with Gasteiger partial charge in [-0.1, -0.05) is 0 Å². The molecular weight excluding hydrogens is 226 g/mol. The van der Waals surface area contributed by atoms with Gasteiger partial charge in [0.25, 0.3) is 0 Å². The number of anilines is 1. The highest BCUT2D eigenvalue weighted by molar-refractivity contribution is 5.80. The zero-order chi connectivity index (χ0) is 12.7. The molecule has 5 heteroatoms. The molecule has 18 heavy (non-hydrogen) atoms. The molecule has 1 aliphatic heterocycles. The Hall–Kier alpha value is -1.75. The lowest BCUT2D eigenvalue weighted by atomic mass is 10.3. The minimum Gasteiger partial charge on any atom is -0.399 e. The van der Waals surface area contributed by atoms with E-state index in [0.29, 0.717) is 0 Å². The van der Waals surface area contributed by atoms with Crippen molar-refractivity contribution in [3.8, 4) is 0 Å². The summed E-state index contributed by atoms with van der Waals surface area (Å²) < 4.78 is 2.22. The minimum absolute atomic E-state index is 0.769. The first-order valence-corrected chi connectivity index (χ1v) is 6.33. The van der Waals surface area contributed by atoms with Gasteiger partial charge in [-0.25, -0.2) is 9.66 Å². The van der Waals surface area contributed by atoms with Crippen molar-refractivity contribution in [2.24, 2.45) is 0 Å². The standard InChI is InChI=1S/C13H19N5/c1-10-15-12-9-11(14)3-4-13(12)18(10)17-7-5-16(2)6-8-17/h3-4,9H,5-8,14H2,1-2H3. The van der Waals surface area contributed by atoms with Gasteiger partial charge in [0.1, 0.15) is 5.82 Å². The van der Waals surface area contributed by atoms with Crippen molar-refractivity contribution in [2.45, 2.75) is 6.92 Å². The molecule has 1 aliphatic rings. The molecule has 2 heterocycles. The van der Waals surface area contributed by atoms with Gasteiger partial charge in [0, 0.05) is 31.9 Å². The maximum Gasteiger partial charge on any atom is 0.125 e. The molecule has 1 aromatic carbocycles. The molecule has 0 amide bonds. The molecule has 0 spiro atoms. The number of aryl methyl sites for hydroxylation is 1. The van der Waals surface area contributed by atoms with E-state index < -0.39 is 0 Å². The number of hydrogen-bond acceptors (Lipinski definition) is 4. The molecule has 2 N–H and O–H groups in total. The molecular formula is C13H19N5. The Kier molecular flexibility index (Phi) is 2.63. The van der Waals surface area contributed by atoms with Gasteiger partial charge >= 0.3 is 0 Å². The quantitative estimate of drug-likeness (QED) is 0.755. The van der Waals surface area contributed by atoms with Crippen molar-refractivity contribution >= 4 is 16.7 Å². The molecule has 0 radical (unpaired) electrons. The maximum absolute atomic E-state index is 5.81. The number of hydrogen-bond donors (Lipinski definition) is 1. The number of likely N-dealkylation sites (N-methyl/N-ethyl adjacent to an activating group) is 1. The summed E-state index contributed by atoms with van der Waals surface area (Å²) in [4.78, 5) is 6.95. The van der Waals surface area contributed by atoms with E-state index in [-0.39, 0.29) is 0 Å². The van der Waals surface area contributed by atoms with E-state index in [2.05, 4.69) is 39.6 Å². The van der Waals surface area contributed by atoms with E-state index in [1.165, 1.54) is 0 Å². The van der Waals surface area contributed by atoms with Gasteiger partial charge in [-0.2, -0.15) is 0 Å². The van der Waals surface area contributed by atoms with Gasteiger partial charge in [-0.3, -0.25) is 0 Å². The first-order valence-electron chi connectivity index (χ1n) is 6.33. The highest BCUT2D eigenvalue weighted by Crippen LogP contribution is 2.19. The number of piperazine rings is 1. The molecule has 5 nitrogen and oxygen atoms in total.